The molecule has 1 aromatic heterocycles. The van der Waals surface area contributed by atoms with Gasteiger partial charge in [-0.3, -0.25) is 9.78 Å². The quantitative estimate of drug-likeness (QED) is 0.858. The number of piperidine rings is 1. The summed E-state index contributed by atoms with van der Waals surface area (Å²) in [6.45, 7) is 4.15. The second-order valence-electron chi connectivity index (χ2n) is 6.29. The standard InChI is InChI=1S/C17H24N2O2/c1-13-7-10-19(11-8-13)17(20)12-21-16-6-9-18-15-5-3-2-4-14(15)16/h6,9,13H,2-5,7-8,10-12H2,1H3. The summed E-state index contributed by atoms with van der Waals surface area (Å²) in [5.41, 5.74) is 2.36. The van der Waals surface area contributed by atoms with E-state index in [4.69, 9.17) is 4.74 Å². The van der Waals surface area contributed by atoms with E-state index >= 15 is 0 Å². The van der Waals surface area contributed by atoms with Crippen molar-refractivity contribution in [1.29, 1.82) is 0 Å². The molecule has 1 fully saturated rings. The van der Waals surface area contributed by atoms with Crippen LogP contribution < -0.4 is 4.74 Å². The van der Waals surface area contributed by atoms with Crippen LogP contribution >= 0.6 is 0 Å². The maximum Gasteiger partial charge on any atom is 0.260 e. The first kappa shape index (κ1) is 14.4. The number of aromatic nitrogens is 1. The zero-order valence-corrected chi connectivity index (χ0v) is 12.8. The van der Waals surface area contributed by atoms with Crippen LogP contribution in [0.15, 0.2) is 12.3 Å². The van der Waals surface area contributed by atoms with Crippen LogP contribution in [0.3, 0.4) is 0 Å². The van der Waals surface area contributed by atoms with Gasteiger partial charge in [0.25, 0.3) is 5.91 Å². The van der Waals surface area contributed by atoms with Crippen LogP contribution in [0.4, 0.5) is 0 Å². The van der Waals surface area contributed by atoms with Crippen LogP contribution in [0, 0.1) is 5.92 Å². The fourth-order valence-corrected chi connectivity index (χ4v) is 3.22. The van der Waals surface area contributed by atoms with Crippen molar-refractivity contribution in [1.82, 2.24) is 9.88 Å². The Balaban J connectivity index is 1.59. The molecule has 0 unspecified atom stereocenters. The lowest BCUT2D eigenvalue weighted by Crippen LogP contribution is -2.40. The highest BCUT2D eigenvalue weighted by Gasteiger charge is 2.21. The summed E-state index contributed by atoms with van der Waals surface area (Å²) in [5, 5.41) is 0. The Morgan fingerprint density at radius 2 is 2.10 bits per heavy atom. The van der Waals surface area contributed by atoms with Crippen LogP contribution in [0.25, 0.3) is 0 Å². The number of amides is 1. The molecule has 0 radical (unpaired) electrons. The highest BCUT2D eigenvalue weighted by molar-refractivity contribution is 5.77. The Labute approximate surface area is 126 Å². The number of rotatable bonds is 3. The van der Waals surface area contributed by atoms with Gasteiger partial charge in [0, 0.05) is 30.5 Å². The summed E-state index contributed by atoms with van der Waals surface area (Å²) in [6.07, 6.45) is 8.46. The average molecular weight is 288 g/mol. The third-order valence-corrected chi connectivity index (χ3v) is 4.68. The predicted octanol–water partition coefficient (Wildman–Crippen LogP) is 2.60. The van der Waals surface area contributed by atoms with Crippen LogP contribution in [-0.2, 0) is 17.6 Å². The van der Waals surface area contributed by atoms with E-state index in [0.717, 1.165) is 56.1 Å². The van der Waals surface area contributed by atoms with E-state index in [-0.39, 0.29) is 12.5 Å². The fourth-order valence-electron chi connectivity index (χ4n) is 3.22. The predicted molar refractivity (Wildman–Crippen MR) is 81.4 cm³/mol. The van der Waals surface area contributed by atoms with Gasteiger partial charge in [0.1, 0.15) is 5.75 Å². The molecule has 0 atom stereocenters. The van der Waals surface area contributed by atoms with Gasteiger partial charge >= 0.3 is 0 Å². The molecule has 1 aromatic rings. The molecule has 0 N–H and O–H groups in total. The highest BCUT2D eigenvalue weighted by Crippen LogP contribution is 2.28. The molecule has 1 aliphatic heterocycles. The number of carbonyl (C=O) groups is 1. The monoisotopic (exact) mass is 288 g/mol. The summed E-state index contributed by atoms with van der Waals surface area (Å²) in [4.78, 5) is 18.6. The lowest BCUT2D eigenvalue weighted by atomic mass is 9.95. The molecule has 1 amide bonds. The SMILES string of the molecule is CC1CCN(C(=O)COc2ccnc3c2CCCC3)CC1. The molecule has 0 saturated carbocycles. The Bertz CT molecular complexity index is 508. The molecule has 0 bridgehead atoms. The maximum absolute atomic E-state index is 12.2. The molecule has 1 aliphatic carbocycles. The number of carbonyl (C=O) groups excluding carboxylic acids is 1. The van der Waals surface area contributed by atoms with Crippen LogP contribution in [-0.4, -0.2) is 35.5 Å². The van der Waals surface area contributed by atoms with Crippen molar-refractivity contribution in [2.45, 2.75) is 45.4 Å². The molecular weight excluding hydrogens is 264 g/mol. The normalized spacial score (nSPS) is 19.2. The van der Waals surface area contributed by atoms with Crippen molar-refractivity contribution in [3.63, 3.8) is 0 Å². The summed E-state index contributed by atoms with van der Waals surface area (Å²) in [5.74, 6) is 1.71. The first-order valence-electron chi connectivity index (χ1n) is 8.11. The van der Waals surface area contributed by atoms with Crippen molar-refractivity contribution in [3.05, 3.63) is 23.5 Å². The van der Waals surface area contributed by atoms with Crippen molar-refractivity contribution < 1.29 is 9.53 Å². The van der Waals surface area contributed by atoms with Gasteiger partial charge in [0.2, 0.25) is 0 Å². The van der Waals surface area contributed by atoms with Gasteiger partial charge in [-0.2, -0.15) is 0 Å². The van der Waals surface area contributed by atoms with E-state index in [1.165, 1.54) is 18.4 Å². The zero-order chi connectivity index (χ0) is 14.7. The van der Waals surface area contributed by atoms with Crippen molar-refractivity contribution in [3.8, 4) is 5.75 Å². The molecule has 1 saturated heterocycles. The van der Waals surface area contributed by atoms with E-state index < -0.39 is 0 Å². The average Bonchev–Trinajstić information content (AvgIpc) is 2.53. The summed E-state index contributed by atoms with van der Waals surface area (Å²) < 4.78 is 5.82. The third kappa shape index (κ3) is 3.36. The second-order valence-corrected chi connectivity index (χ2v) is 6.29. The molecule has 2 aliphatic rings. The topological polar surface area (TPSA) is 42.4 Å². The first-order valence-corrected chi connectivity index (χ1v) is 8.11. The van der Waals surface area contributed by atoms with Gasteiger partial charge in [0.05, 0.1) is 0 Å². The Morgan fingerprint density at radius 1 is 1.33 bits per heavy atom. The fraction of sp³-hybridized carbons (Fsp3) is 0.647. The van der Waals surface area contributed by atoms with Gasteiger partial charge in [-0.25, -0.2) is 0 Å². The maximum atomic E-state index is 12.2. The van der Waals surface area contributed by atoms with Crippen LogP contribution in [0.1, 0.15) is 43.9 Å². The molecule has 3 rings (SSSR count). The van der Waals surface area contributed by atoms with Crippen molar-refractivity contribution in [2.75, 3.05) is 19.7 Å². The number of likely N-dealkylation sites (tertiary alicyclic amines) is 1. The second kappa shape index (κ2) is 6.46. The number of aryl methyl sites for hydroxylation is 1. The minimum absolute atomic E-state index is 0.114. The largest absolute Gasteiger partial charge is 0.483 e. The van der Waals surface area contributed by atoms with Gasteiger partial charge < -0.3 is 9.64 Å². The molecule has 0 spiro atoms. The van der Waals surface area contributed by atoms with E-state index in [1.807, 2.05) is 11.0 Å². The van der Waals surface area contributed by atoms with Crippen LogP contribution in [0.2, 0.25) is 0 Å². The van der Waals surface area contributed by atoms with Gasteiger partial charge in [-0.1, -0.05) is 6.92 Å². The van der Waals surface area contributed by atoms with Crippen LogP contribution in [0.5, 0.6) is 5.75 Å². The first-order chi connectivity index (χ1) is 10.2. The van der Waals surface area contributed by atoms with E-state index in [9.17, 15) is 4.79 Å². The number of fused-ring (bicyclic) bond motifs is 1. The molecule has 4 nitrogen and oxygen atoms in total. The summed E-state index contributed by atoms with van der Waals surface area (Å²) >= 11 is 0. The molecule has 4 heteroatoms. The lowest BCUT2D eigenvalue weighted by molar-refractivity contribution is -0.134. The van der Waals surface area contributed by atoms with Gasteiger partial charge in [-0.05, 0) is 50.5 Å². The number of nitrogens with zero attached hydrogens (tertiary/aromatic N) is 2. The number of ether oxygens (including phenoxy) is 1. The molecule has 21 heavy (non-hydrogen) atoms. The van der Waals surface area contributed by atoms with E-state index in [1.54, 1.807) is 6.20 Å². The van der Waals surface area contributed by atoms with E-state index in [2.05, 4.69) is 11.9 Å². The zero-order valence-electron chi connectivity index (χ0n) is 12.8. The lowest BCUT2D eigenvalue weighted by Gasteiger charge is -2.30. The van der Waals surface area contributed by atoms with E-state index in [0.29, 0.717) is 0 Å². The summed E-state index contributed by atoms with van der Waals surface area (Å²) in [6, 6.07) is 1.90. The molecule has 114 valence electrons. The smallest absolute Gasteiger partial charge is 0.260 e. The van der Waals surface area contributed by atoms with Crippen molar-refractivity contribution in [2.24, 2.45) is 5.92 Å². The number of hydrogen-bond acceptors (Lipinski definition) is 3. The molecule has 2 heterocycles. The highest BCUT2D eigenvalue weighted by atomic mass is 16.5. The van der Waals surface area contributed by atoms with Gasteiger partial charge in [0.15, 0.2) is 6.61 Å². The number of hydrogen-bond donors (Lipinski definition) is 0. The summed E-state index contributed by atoms with van der Waals surface area (Å²) in [7, 11) is 0. The third-order valence-electron chi connectivity index (χ3n) is 4.68. The minimum atomic E-state index is 0.114. The van der Waals surface area contributed by atoms with Gasteiger partial charge in [-0.15, -0.1) is 0 Å². The molecule has 0 aromatic carbocycles. The Kier molecular flexibility index (Phi) is 4.42. The number of pyridine rings is 1. The minimum Gasteiger partial charge on any atom is -0.483 e. The van der Waals surface area contributed by atoms with Crippen molar-refractivity contribution >= 4 is 5.91 Å². The molecular formula is C17H24N2O2. The Morgan fingerprint density at radius 3 is 2.90 bits per heavy atom. The Hall–Kier alpha value is -1.58.